The molecular weight excluding hydrogens is 362 g/mol. The number of benzene rings is 2. The first-order valence-electron chi connectivity index (χ1n) is 8.78. The van der Waals surface area contributed by atoms with Crippen LogP contribution < -0.4 is 10.6 Å². The van der Waals surface area contributed by atoms with Crippen molar-refractivity contribution < 1.29 is 4.21 Å². The molecule has 2 aromatic carbocycles. The molecule has 1 heterocycles. The van der Waals surface area contributed by atoms with Crippen molar-refractivity contribution in [2.45, 2.75) is 30.7 Å². The topological polar surface area (TPSA) is 44.4 Å². The Hall–Kier alpha value is -1.60. The summed E-state index contributed by atoms with van der Waals surface area (Å²) in [6.07, 6.45) is 0.682. The summed E-state index contributed by atoms with van der Waals surface area (Å²) < 4.78 is 15.5. The number of rotatable bonds is 6. The van der Waals surface area contributed by atoms with Crippen molar-refractivity contribution in [1.82, 2.24) is 14.9 Å². The van der Waals surface area contributed by atoms with E-state index in [4.69, 9.17) is 12.2 Å². The van der Waals surface area contributed by atoms with Crippen LogP contribution in [0.25, 0.3) is 0 Å². The van der Waals surface area contributed by atoms with Crippen LogP contribution in [0.4, 0.5) is 0 Å². The van der Waals surface area contributed by atoms with Crippen LogP contribution in [-0.2, 0) is 21.4 Å². The monoisotopic (exact) mass is 387 g/mol. The van der Waals surface area contributed by atoms with Gasteiger partial charge in [0.15, 0.2) is 0 Å². The molecule has 3 unspecified atom stereocenters. The van der Waals surface area contributed by atoms with Gasteiger partial charge in [-0.25, -0.2) is 4.21 Å². The third-order valence-electron chi connectivity index (χ3n) is 5.22. The molecule has 3 rings (SSSR count). The molecule has 26 heavy (non-hydrogen) atoms. The molecule has 1 aliphatic heterocycles. The molecule has 3 atom stereocenters. The molecular formula is C20H25N3OS2. The molecule has 0 saturated carbocycles. The molecule has 0 amide bonds. The number of thiocarbonyl (C=S) groups is 1. The van der Waals surface area contributed by atoms with Gasteiger partial charge in [0.05, 0.1) is 12.2 Å². The molecule has 2 N–H and O–H groups in total. The fraction of sp³-hybridized carbons (Fsp3) is 0.350. The van der Waals surface area contributed by atoms with Crippen molar-refractivity contribution in [1.29, 1.82) is 0 Å². The fourth-order valence-electron chi connectivity index (χ4n) is 3.49. The summed E-state index contributed by atoms with van der Waals surface area (Å²) in [5.41, 5.74) is 1.58. The predicted octanol–water partition coefficient (Wildman–Crippen LogP) is 3.24. The average molecular weight is 388 g/mol. The Kier molecular flexibility index (Phi) is 5.58. The Morgan fingerprint density at radius 2 is 1.77 bits per heavy atom. The summed E-state index contributed by atoms with van der Waals surface area (Å²) in [7, 11) is 0.484. The maximum absolute atomic E-state index is 13.7. The quantitative estimate of drug-likeness (QED) is 0.747. The number of nitrogens with one attached hydrogen (secondary N) is 2. The minimum atomic E-state index is -1.37. The maximum atomic E-state index is 13.7. The average Bonchev–Trinajstić information content (AvgIpc) is 3.01. The van der Waals surface area contributed by atoms with Gasteiger partial charge in [-0.15, -0.1) is 0 Å². The largest absolute Gasteiger partial charge is 0.299 e. The van der Waals surface area contributed by atoms with Gasteiger partial charge < -0.3 is 0 Å². The summed E-state index contributed by atoms with van der Waals surface area (Å²) in [4.78, 5) is -0.0272. The van der Waals surface area contributed by atoms with Crippen LogP contribution in [0.15, 0.2) is 60.7 Å². The molecule has 1 saturated heterocycles. The van der Waals surface area contributed by atoms with Crippen LogP contribution in [0, 0.1) is 0 Å². The van der Waals surface area contributed by atoms with Gasteiger partial charge in [-0.2, -0.15) is 0 Å². The van der Waals surface area contributed by atoms with Gasteiger partial charge in [0, 0.05) is 0 Å². The van der Waals surface area contributed by atoms with Crippen molar-refractivity contribution in [3.05, 3.63) is 71.8 Å². The second-order valence-corrected chi connectivity index (χ2v) is 8.58. The number of hydrogen-bond donors (Lipinski definition) is 2. The van der Waals surface area contributed by atoms with E-state index in [1.165, 1.54) is 0 Å². The van der Waals surface area contributed by atoms with Gasteiger partial charge in [-0.3, -0.25) is 14.9 Å². The molecule has 6 heteroatoms. The van der Waals surface area contributed by atoms with Crippen LogP contribution in [-0.4, -0.2) is 27.2 Å². The van der Waals surface area contributed by atoms with Gasteiger partial charge in [-0.05, 0) is 31.5 Å². The Labute approximate surface area is 163 Å². The highest BCUT2D eigenvalue weighted by Gasteiger charge is 2.48. The molecule has 4 nitrogen and oxygen atoms in total. The molecule has 0 aliphatic carbocycles. The van der Waals surface area contributed by atoms with Gasteiger partial charge in [0.25, 0.3) is 0 Å². The summed E-state index contributed by atoms with van der Waals surface area (Å²) >= 11 is 5.79. The van der Waals surface area contributed by atoms with Crippen molar-refractivity contribution in [3.8, 4) is 0 Å². The van der Waals surface area contributed by atoms with Crippen LogP contribution in [0.1, 0.15) is 31.4 Å². The lowest BCUT2D eigenvalue weighted by atomic mass is 9.93. The van der Waals surface area contributed by atoms with Crippen molar-refractivity contribution in [3.63, 3.8) is 0 Å². The standard InChI is InChI=1S/C20H25N3OS2/c1-4-20(21-3,17-13-9-6-10-14-17)26(24)23-15-22-19(2,18(23)25)16-11-7-5-8-12-16/h5-14,21-22H,4,15H2,1-3H3. The second-order valence-electron chi connectivity index (χ2n) is 6.56. The van der Waals surface area contributed by atoms with E-state index in [-0.39, 0.29) is 0 Å². The number of hydrogen-bond acceptors (Lipinski definition) is 4. The molecule has 0 radical (unpaired) electrons. The van der Waals surface area contributed by atoms with E-state index in [0.717, 1.165) is 11.1 Å². The smallest absolute Gasteiger partial charge is 0.147 e. The highest BCUT2D eigenvalue weighted by molar-refractivity contribution is 7.87. The zero-order valence-electron chi connectivity index (χ0n) is 15.4. The normalized spacial score (nSPS) is 23.7. The summed E-state index contributed by atoms with van der Waals surface area (Å²) in [6, 6.07) is 20.0. The maximum Gasteiger partial charge on any atom is 0.147 e. The van der Waals surface area contributed by atoms with Gasteiger partial charge in [0.1, 0.15) is 20.8 Å². The van der Waals surface area contributed by atoms with Crippen molar-refractivity contribution in [2.75, 3.05) is 13.7 Å². The SMILES string of the molecule is CCC(NC)(c1ccccc1)S(=O)N1CNC(C)(c2ccccc2)C1=S. The van der Waals surface area contributed by atoms with Crippen LogP contribution in [0.3, 0.4) is 0 Å². The highest BCUT2D eigenvalue weighted by Crippen LogP contribution is 2.36. The third kappa shape index (κ3) is 3.01. The Bertz CT molecular complexity index is 793. The molecule has 2 aromatic rings. The van der Waals surface area contributed by atoms with Gasteiger partial charge in [0.2, 0.25) is 0 Å². The van der Waals surface area contributed by atoms with Gasteiger partial charge >= 0.3 is 0 Å². The Morgan fingerprint density at radius 3 is 2.31 bits per heavy atom. The minimum Gasteiger partial charge on any atom is -0.299 e. The molecule has 1 fully saturated rings. The molecule has 0 bridgehead atoms. The first-order chi connectivity index (χ1) is 12.5. The minimum absolute atomic E-state index is 0.451. The third-order valence-corrected chi connectivity index (χ3v) is 8.00. The van der Waals surface area contributed by atoms with Gasteiger partial charge in [-0.1, -0.05) is 79.8 Å². The zero-order valence-corrected chi connectivity index (χ0v) is 17.0. The van der Waals surface area contributed by atoms with Crippen molar-refractivity contribution in [2.24, 2.45) is 0 Å². The molecule has 0 aromatic heterocycles. The lowest BCUT2D eigenvalue weighted by Gasteiger charge is -2.36. The summed E-state index contributed by atoms with van der Waals surface area (Å²) in [5.74, 6) is 0. The van der Waals surface area contributed by atoms with E-state index in [2.05, 4.69) is 17.6 Å². The second kappa shape index (κ2) is 7.56. The summed E-state index contributed by atoms with van der Waals surface area (Å²) in [5, 5.41) is 6.78. The first kappa shape index (κ1) is 19.2. The first-order valence-corrected chi connectivity index (χ1v) is 10.3. The van der Waals surface area contributed by atoms with Crippen LogP contribution in [0.2, 0.25) is 0 Å². The highest BCUT2D eigenvalue weighted by atomic mass is 32.2. The number of nitrogens with zero attached hydrogens (tertiary/aromatic N) is 1. The summed E-state index contributed by atoms with van der Waals surface area (Å²) in [6.45, 7) is 4.55. The Morgan fingerprint density at radius 1 is 1.19 bits per heavy atom. The van der Waals surface area contributed by atoms with E-state index < -0.39 is 21.4 Å². The van der Waals surface area contributed by atoms with Crippen LogP contribution in [0.5, 0.6) is 0 Å². The van der Waals surface area contributed by atoms with Crippen LogP contribution >= 0.6 is 12.2 Å². The van der Waals surface area contributed by atoms with Crippen molar-refractivity contribution >= 4 is 28.2 Å². The lowest BCUT2D eigenvalue weighted by Crippen LogP contribution is -2.51. The van der Waals surface area contributed by atoms with E-state index in [1.807, 2.05) is 78.9 Å². The van der Waals surface area contributed by atoms with E-state index in [0.29, 0.717) is 18.1 Å². The van der Waals surface area contributed by atoms with E-state index in [9.17, 15) is 4.21 Å². The van der Waals surface area contributed by atoms with E-state index in [1.54, 1.807) is 0 Å². The fourth-order valence-corrected chi connectivity index (χ4v) is 5.60. The molecule has 0 spiro atoms. The molecule has 1 aliphatic rings. The Balaban J connectivity index is 1.96. The molecule has 138 valence electrons. The lowest BCUT2D eigenvalue weighted by molar-refractivity contribution is 0.461. The predicted molar refractivity (Wildman–Crippen MR) is 112 cm³/mol. The zero-order chi connectivity index (χ0) is 18.8. The van der Waals surface area contributed by atoms with E-state index >= 15 is 0 Å².